The van der Waals surface area contributed by atoms with Gasteiger partial charge in [-0.1, -0.05) is 0 Å². The summed E-state index contributed by atoms with van der Waals surface area (Å²) >= 11 is 0. The summed E-state index contributed by atoms with van der Waals surface area (Å²) in [6, 6.07) is 7.12. The van der Waals surface area contributed by atoms with E-state index in [2.05, 4.69) is 15.3 Å². The molecule has 1 aromatic carbocycles. The molecule has 0 bridgehead atoms. The van der Waals surface area contributed by atoms with Crippen LogP contribution in [0.2, 0.25) is 0 Å². The largest absolute Gasteiger partial charge is 0.497 e. The second kappa shape index (κ2) is 7.63. The van der Waals surface area contributed by atoms with Crippen molar-refractivity contribution in [1.29, 1.82) is 0 Å². The molecule has 0 spiro atoms. The van der Waals surface area contributed by atoms with Crippen LogP contribution in [-0.2, 0) is 0 Å². The number of hydrogen-bond donors (Lipinski definition) is 1. The fraction of sp³-hybridized carbons (Fsp3) is 0.353. The Labute approximate surface area is 140 Å². The third kappa shape index (κ3) is 4.13. The maximum absolute atomic E-state index is 12.4. The van der Waals surface area contributed by atoms with Crippen molar-refractivity contribution < 1.29 is 14.3 Å². The highest BCUT2D eigenvalue weighted by molar-refractivity contribution is 5.89. The van der Waals surface area contributed by atoms with Gasteiger partial charge in [0.05, 0.1) is 19.9 Å². The first-order chi connectivity index (χ1) is 11.7. The number of carbonyl (C=O) groups excluding carboxylic acids is 1. The summed E-state index contributed by atoms with van der Waals surface area (Å²) in [6.45, 7) is 1.24. The lowest BCUT2D eigenvalue weighted by atomic mass is 10.1. The maximum Gasteiger partial charge on any atom is 0.321 e. The zero-order valence-electron chi connectivity index (χ0n) is 13.5. The van der Waals surface area contributed by atoms with Crippen LogP contribution in [0.5, 0.6) is 11.6 Å². The monoisotopic (exact) mass is 328 g/mol. The summed E-state index contributed by atoms with van der Waals surface area (Å²) in [5.41, 5.74) is 0.734. The van der Waals surface area contributed by atoms with Crippen LogP contribution in [0.1, 0.15) is 12.8 Å². The molecule has 0 saturated carbocycles. The second-order valence-electron chi connectivity index (χ2n) is 5.53. The molecule has 0 aliphatic carbocycles. The van der Waals surface area contributed by atoms with E-state index in [-0.39, 0.29) is 12.1 Å². The number of anilines is 1. The van der Waals surface area contributed by atoms with Crippen LogP contribution < -0.4 is 14.8 Å². The molecule has 2 aromatic rings. The van der Waals surface area contributed by atoms with E-state index in [0.29, 0.717) is 19.0 Å². The molecule has 2 amide bonds. The van der Waals surface area contributed by atoms with Crippen LogP contribution in [0.15, 0.2) is 42.9 Å². The highest BCUT2D eigenvalue weighted by Crippen LogP contribution is 2.18. The highest BCUT2D eigenvalue weighted by atomic mass is 16.5. The van der Waals surface area contributed by atoms with E-state index in [4.69, 9.17) is 9.47 Å². The standard InChI is InChI=1S/C17H20N4O3/c1-23-14-6-4-13(5-7-14)20-17(22)21-10-2-3-15(12-21)24-16-11-18-8-9-19-16/h4-9,11,15H,2-3,10,12H2,1H3,(H,20,22). The zero-order valence-corrected chi connectivity index (χ0v) is 13.5. The van der Waals surface area contributed by atoms with E-state index in [1.807, 2.05) is 24.3 Å². The third-order valence-corrected chi connectivity index (χ3v) is 3.83. The van der Waals surface area contributed by atoms with E-state index < -0.39 is 0 Å². The first-order valence-corrected chi connectivity index (χ1v) is 7.87. The lowest BCUT2D eigenvalue weighted by Gasteiger charge is -2.32. The van der Waals surface area contributed by atoms with Crippen LogP contribution in [0, 0.1) is 0 Å². The molecule has 2 heterocycles. The predicted molar refractivity (Wildman–Crippen MR) is 89.3 cm³/mol. The Kier molecular flexibility index (Phi) is 5.10. The molecule has 1 saturated heterocycles. The number of methoxy groups -OCH3 is 1. The van der Waals surface area contributed by atoms with Gasteiger partial charge in [0, 0.05) is 24.6 Å². The number of amides is 2. The fourth-order valence-corrected chi connectivity index (χ4v) is 2.61. The Bertz CT molecular complexity index is 663. The van der Waals surface area contributed by atoms with Crippen LogP contribution in [0.4, 0.5) is 10.5 Å². The average Bonchev–Trinajstić information content (AvgIpc) is 2.63. The third-order valence-electron chi connectivity index (χ3n) is 3.83. The second-order valence-corrected chi connectivity index (χ2v) is 5.53. The highest BCUT2D eigenvalue weighted by Gasteiger charge is 2.25. The summed E-state index contributed by atoms with van der Waals surface area (Å²) in [6.07, 6.45) is 6.48. The van der Waals surface area contributed by atoms with E-state index in [1.165, 1.54) is 0 Å². The number of piperidine rings is 1. The molecule has 7 heteroatoms. The van der Waals surface area contributed by atoms with Crippen molar-refractivity contribution in [1.82, 2.24) is 14.9 Å². The van der Waals surface area contributed by atoms with Crippen LogP contribution in [0.25, 0.3) is 0 Å². The molecule has 3 rings (SSSR count). The van der Waals surface area contributed by atoms with Crippen molar-refractivity contribution in [3.63, 3.8) is 0 Å². The smallest absolute Gasteiger partial charge is 0.321 e. The number of nitrogens with zero attached hydrogens (tertiary/aromatic N) is 3. The average molecular weight is 328 g/mol. The van der Waals surface area contributed by atoms with Crippen LogP contribution in [-0.4, -0.2) is 47.2 Å². The molecule has 1 aliphatic heterocycles. The summed E-state index contributed by atoms with van der Waals surface area (Å²) in [4.78, 5) is 22.3. The van der Waals surface area contributed by atoms with Crippen molar-refractivity contribution in [2.24, 2.45) is 0 Å². The zero-order chi connectivity index (χ0) is 16.8. The van der Waals surface area contributed by atoms with Crippen molar-refractivity contribution in [3.05, 3.63) is 42.9 Å². The SMILES string of the molecule is COc1ccc(NC(=O)N2CCCC(Oc3cnccn3)C2)cc1. The molecule has 126 valence electrons. The number of likely N-dealkylation sites (tertiary alicyclic amines) is 1. The van der Waals surface area contributed by atoms with E-state index >= 15 is 0 Å². The van der Waals surface area contributed by atoms with Gasteiger partial charge in [0.2, 0.25) is 5.88 Å². The summed E-state index contributed by atoms with van der Waals surface area (Å²) in [5, 5.41) is 2.90. The van der Waals surface area contributed by atoms with E-state index in [9.17, 15) is 4.79 Å². The van der Waals surface area contributed by atoms with Gasteiger partial charge in [-0.25, -0.2) is 9.78 Å². The topological polar surface area (TPSA) is 76.6 Å². The normalized spacial score (nSPS) is 17.2. The van der Waals surface area contributed by atoms with Crippen LogP contribution >= 0.6 is 0 Å². The molecule has 24 heavy (non-hydrogen) atoms. The van der Waals surface area contributed by atoms with Gasteiger partial charge in [0.15, 0.2) is 0 Å². The number of aromatic nitrogens is 2. The van der Waals surface area contributed by atoms with Gasteiger partial charge < -0.3 is 19.7 Å². The predicted octanol–water partition coefficient (Wildman–Crippen LogP) is 2.56. The molecule has 1 aliphatic rings. The minimum Gasteiger partial charge on any atom is -0.497 e. The Morgan fingerprint density at radius 3 is 2.83 bits per heavy atom. The van der Waals surface area contributed by atoms with Gasteiger partial charge in [-0.05, 0) is 37.1 Å². The summed E-state index contributed by atoms with van der Waals surface area (Å²) in [5.74, 6) is 1.24. The molecular weight excluding hydrogens is 308 g/mol. The van der Waals surface area contributed by atoms with Gasteiger partial charge in [-0.2, -0.15) is 0 Å². The van der Waals surface area contributed by atoms with Crippen LogP contribution in [0.3, 0.4) is 0 Å². The van der Waals surface area contributed by atoms with Gasteiger partial charge in [-0.3, -0.25) is 4.98 Å². The Morgan fingerprint density at radius 1 is 1.29 bits per heavy atom. The summed E-state index contributed by atoms with van der Waals surface area (Å²) in [7, 11) is 1.61. The van der Waals surface area contributed by atoms with E-state index in [1.54, 1.807) is 30.6 Å². The Hall–Kier alpha value is -2.83. The first kappa shape index (κ1) is 16.0. The molecule has 7 nitrogen and oxygen atoms in total. The molecule has 1 unspecified atom stereocenters. The minimum atomic E-state index is -0.132. The fourth-order valence-electron chi connectivity index (χ4n) is 2.61. The quantitative estimate of drug-likeness (QED) is 0.933. The number of rotatable bonds is 4. The molecule has 1 fully saturated rings. The first-order valence-electron chi connectivity index (χ1n) is 7.87. The lowest BCUT2D eigenvalue weighted by Crippen LogP contribution is -2.46. The number of carbonyl (C=O) groups is 1. The molecular formula is C17H20N4O3. The van der Waals surface area contributed by atoms with Gasteiger partial charge >= 0.3 is 6.03 Å². The van der Waals surface area contributed by atoms with E-state index in [0.717, 1.165) is 24.3 Å². The number of nitrogens with one attached hydrogen (secondary N) is 1. The maximum atomic E-state index is 12.4. The van der Waals surface area contributed by atoms with Crippen molar-refractivity contribution in [2.75, 3.05) is 25.5 Å². The lowest BCUT2D eigenvalue weighted by molar-refractivity contribution is 0.102. The van der Waals surface area contributed by atoms with Crippen molar-refractivity contribution >= 4 is 11.7 Å². The van der Waals surface area contributed by atoms with Gasteiger partial charge in [-0.15, -0.1) is 0 Å². The van der Waals surface area contributed by atoms with Gasteiger partial charge in [0.1, 0.15) is 11.9 Å². The summed E-state index contributed by atoms with van der Waals surface area (Å²) < 4.78 is 10.9. The molecule has 1 aromatic heterocycles. The van der Waals surface area contributed by atoms with Crippen molar-refractivity contribution in [2.45, 2.75) is 18.9 Å². The number of urea groups is 1. The minimum absolute atomic E-state index is 0.0722. The molecule has 1 N–H and O–H groups in total. The number of hydrogen-bond acceptors (Lipinski definition) is 5. The van der Waals surface area contributed by atoms with Crippen molar-refractivity contribution in [3.8, 4) is 11.6 Å². The Morgan fingerprint density at radius 2 is 2.12 bits per heavy atom. The number of ether oxygens (including phenoxy) is 2. The van der Waals surface area contributed by atoms with Gasteiger partial charge in [0.25, 0.3) is 0 Å². The molecule has 0 radical (unpaired) electrons. The Balaban J connectivity index is 1.56. The molecule has 1 atom stereocenters. The number of benzene rings is 1.